The molecule has 20 heavy (non-hydrogen) atoms. The molecular formula is C16H22ClNO2. The van der Waals surface area contributed by atoms with Crippen molar-refractivity contribution >= 4 is 23.2 Å². The molecule has 0 amide bonds. The van der Waals surface area contributed by atoms with E-state index in [0.29, 0.717) is 0 Å². The highest BCUT2D eigenvalue weighted by atomic mass is 35.5. The van der Waals surface area contributed by atoms with E-state index >= 15 is 0 Å². The van der Waals surface area contributed by atoms with Gasteiger partial charge < -0.3 is 15.1 Å². The van der Waals surface area contributed by atoms with Crippen molar-refractivity contribution in [2.24, 2.45) is 0 Å². The van der Waals surface area contributed by atoms with E-state index in [2.05, 4.69) is 18.7 Å². The van der Waals surface area contributed by atoms with Gasteiger partial charge in [0.1, 0.15) is 11.5 Å². The number of halogens is 1. The van der Waals surface area contributed by atoms with Crippen LogP contribution in [0.4, 0.5) is 0 Å². The molecule has 4 heteroatoms. The second-order valence-corrected chi connectivity index (χ2v) is 4.76. The summed E-state index contributed by atoms with van der Waals surface area (Å²) in [4.78, 5) is 2.36. The SMILES string of the molecule is CCN(CC)CCc1cccc2cc(O)cc(O)c12.Cl. The lowest BCUT2D eigenvalue weighted by Gasteiger charge is -2.18. The Morgan fingerprint density at radius 2 is 1.75 bits per heavy atom. The average Bonchev–Trinajstić information content (AvgIpc) is 2.39. The van der Waals surface area contributed by atoms with Crippen LogP contribution in [-0.4, -0.2) is 34.7 Å². The van der Waals surface area contributed by atoms with E-state index < -0.39 is 0 Å². The van der Waals surface area contributed by atoms with Crippen molar-refractivity contribution in [2.45, 2.75) is 20.3 Å². The first-order chi connectivity index (χ1) is 9.15. The maximum absolute atomic E-state index is 10.0. The Kier molecular flexibility index (Phi) is 6.11. The molecule has 0 spiro atoms. The van der Waals surface area contributed by atoms with Crippen molar-refractivity contribution in [1.82, 2.24) is 4.90 Å². The van der Waals surface area contributed by atoms with Gasteiger partial charge >= 0.3 is 0 Å². The van der Waals surface area contributed by atoms with E-state index in [4.69, 9.17) is 0 Å². The lowest BCUT2D eigenvalue weighted by Crippen LogP contribution is -2.25. The Labute approximate surface area is 126 Å². The van der Waals surface area contributed by atoms with Crippen LogP contribution in [0.1, 0.15) is 19.4 Å². The third kappa shape index (κ3) is 3.56. The van der Waals surface area contributed by atoms with Crippen LogP contribution < -0.4 is 0 Å². The van der Waals surface area contributed by atoms with E-state index in [1.807, 2.05) is 18.2 Å². The quantitative estimate of drug-likeness (QED) is 0.886. The van der Waals surface area contributed by atoms with Gasteiger partial charge in [-0.3, -0.25) is 0 Å². The molecule has 0 aliphatic rings. The number of benzene rings is 2. The number of phenolic OH excluding ortho intramolecular Hbond substituents is 2. The van der Waals surface area contributed by atoms with Gasteiger partial charge in [-0.1, -0.05) is 32.0 Å². The number of hydrogen-bond donors (Lipinski definition) is 2. The molecule has 0 saturated heterocycles. The van der Waals surface area contributed by atoms with Crippen molar-refractivity contribution in [2.75, 3.05) is 19.6 Å². The smallest absolute Gasteiger partial charge is 0.127 e. The predicted molar refractivity (Wildman–Crippen MR) is 86.0 cm³/mol. The molecule has 0 saturated carbocycles. The Morgan fingerprint density at radius 1 is 1.05 bits per heavy atom. The van der Waals surface area contributed by atoms with Gasteiger partial charge in [-0.05, 0) is 36.5 Å². The third-order valence-electron chi connectivity index (χ3n) is 3.62. The monoisotopic (exact) mass is 295 g/mol. The summed E-state index contributed by atoms with van der Waals surface area (Å²) in [5, 5.41) is 21.3. The highest BCUT2D eigenvalue weighted by Gasteiger charge is 2.08. The van der Waals surface area contributed by atoms with Gasteiger partial charge in [0.2, 0.25) is 0 Å². The molecule has 0 aliphatic carbocycles. The van der Waals surface area contributed by atoms with Crippen LogP contribution in [0.15, 0.2) is 30.3 Å². The number of likely N-dealkylation sites (N-methyl/N-ethyl adjacent to an activating group) is 1. The molecule has 0 radical (unpaired) electrons. The zero-order valence-corrected chi connectivity index (χ0v) is 12.8. The standard InChI is InChI=1S/C16H21NO2.ClH/c1-3-17(4-2)9-8-12-6-5-7-13-10-14(18)11-15(19)16(12)13;/h5-7,10-11,18-19H,3-4,8-9H2,1-2H3;1H. The average molecular weight is 296 g/mol. The van der Waals surface area contributed by atoms with Crippen LogP contribution in [-0.2, 0) is 6.42 Å². The van der Waals surface area contributed by atoms with Crippen LogP contribution >= 0.6 is 12.4 Å². The Morgan fingerprint density at radius 3 is 2.40 bits per heavy atom. The molecule has 3 nitrogen and oxygen atoms in total. The second kappa shape index (κ2) is 7.36. The Balaban J connectivity index is 0.00000200. The lowest BCUT2D eigenvalue weighted by molar-refractivity contribution is 0.308. The first-order valence-electron chi connectivity index (χ1n) is 6.81. The van der Waals surface area contributed by atoms with Crippen LogP contribution in [0.2, 0.25) is 0 Å². The van der Waals surface area contributed by atoms with Gasteiger partial charge in [0.25, 0.3) is 0 Å². The summed E-state index contributed by atoms with van der Waals surface area (Å²) in [6.45, 7) is 7.36. The topological polar surface area (TPSA) is 43.7 Å². The maximum atomic E-state index is 10.0. The molecule has 2 N–H and O–H groups in total. The molecule has 0 fully saturated rings. The minimum atomic E-state index is 0. The molecule has 2 aromatic rings. The van der Waals surface area contributed by atoms with Crippen molar-refractivity contribution in [1.29, 1.82) is 0 Å². The van der Waals surface area contributed by atoms with Crippen molar-refractivity contribution in [3.63, 3.8) is 0 Å². The van der Waals surface area contributed by atoms with Gasteiger partial charge in [-0.2, -0.15) is 0 Å². The Hall–Kier alpha value is -1.45. The molecule has 0 aliphatic heterocycles. The molecule has 0 bridgehead atoms. The van der Waals surface area contributed by atoms with Crippen molar-refractivity contribution < 1.29 is 10.2 Å². The summed E-state index contributed by atoms with van der Waals surface area (Å²) in [5.41, 5.74) is 1.13. The zero-order chi connectivity index (χ0) is 13.8. The molecule has 2 rings (SSSR count). The molecule has 2 aromatic carbocycles. The number of hydrogen-bond acceptors (Lipinski definition) is 3. The van der Waals surface area contributed by atoms with Gasteiger partial charge in [-0.25, -0.2) is 0 Å². The van der Waals surface area contributed by atoms with Gasteiger partial charge in [-0.15, -0.1) is 12.4 Å². The first-order valence-corrected chi connectivity index (χ1v) is 6.81. The summed E-state index contributed by atoms with van der Waals surface area (Å²) >= 11 is 0. The zero-order valence-electron chi connectivity index (χ0n) is 12.0. The third-order valence-corrected chi connectivity index (χ3v) is 3.62. The van der Waals surface area contributed by atoms with E-state index in [9.17, 15) is 10.2 Å². The van der Waals surface area contributed by atoms with E-state index in [0.717, 1.165) is 42.4 Å². The van der Waals surface area contributed by atoms with Gasteiger partial charge in [0.15, 0.2) is 0 Å². The van der Waals surface area contributed by atoms with Crippen LogP contribution in [0.5, 0.6) is 11.5 Å². The van der Waals surface area contributed by atoms with Crippen molar-refractivity contribution in [3.8, 4) is 11.5 Å². The highest BCUT2D eigenvalue weighted by molar-refractivity contribution is 5.92. The first kappa shape index (κ1) is 16.6. The van der Waals surface area contributed by atoms with Crippen LogP contribution in [0.3, 0.4) is 0 Å². The van der Waals surface area contributed by atoms with Crippen molar-refractivity contribution in [3.05, 3.63) is 35.9 Å². The fourth-order valence-corrected chi connectivity index (χ4v) is 2.49. The summed E-state index contributed by atoms with van der Waals surface area (Å²) in [5.74, 6) is 0.260. The predicted octanol–water partition coefficient (Wildman–Crippen LogP) is 3.56. The van der Waals surface area contributed by atoms with E-state index in [1.165, 1.54) is 6.07 Å². The fourth-order valence-electron chi connectivity index (χ4n) is 2.49. The summed E-state index contributed by atoms with van der Waals surface area (Å²) in [6, 6.07) is 9.02. The maximum Gasteiger partial charge on any atom is 0.127 e. The molecule has 0 atom stereocenters. The number of fused-ring (bicyclic) bond motifs is 1. The summed E-state index contributed by atoms with van der Waals surface area (Å²) < 4.78 is 0. The lowest BCUT2D eigenvalue weighted by atomic mass is 10.0. The van der Waals surface area contributed by atoms with Crippen LogP contribution in [0.25, 0.3) is 10.8 Å². The minimum absolute atomic E-state index is 0. The van der Waals surface area contributed by atoms with Gasteiger partial charge in [0, 0.05) is 18.0 Å². The summed E-state index contributed by atoms with van der Waals surface area (Å²) in [6.07, 6.45) is 0.900. The largest absolute Gasteiger partial charge is 0.508 e. The highest BCUT2D eigenvalue weighted by Crippen LogP contribution is 2.32. The molecule has 0 heterocycles. The minimum Gasteiger partial charge on any atom is -0.508 e. The van der Waals surface area contributed by atoms with Gasteiger partial charge in [0.05, 0.1) is 0 Å². The molecule has 0 unspecified atom stereocenters. The number of phenols is 2. The van der Waals surface area contributed by atoms with E-state index in [1.54, 1.807) is 6.07 Å². The second-order valence-electron chi connectivity index (χ2n) is 4.76. The normalized spacial score (nSPS) is 10.8. The van der Waals surface area contributed by atoms with E-state index in [-0.39, 0.29) is 23.9 Å². The fraction of sp³-hybridized carbons (Fsp3) is 0.375. The van der Waals surface area contributed by atoms with Crippen LogP contribution in [0, 0.1) is 0 Å². The number of nitrogens with zero attached hydrogens (tertiary/aromatic N) is 1. The number of aromatic hydroxyl groups is 2. The Bertz CT molecular complexity index is 568. The molecular weight excluding hydrogens is 274 g/mol. The molecule has 0 aromatic heterocycles. The molecule has 110 valence electrons. The number of rotatable bonds is 5. The summed E-state index contributed by atoms with van der Waals surface area (Å²) in [7, 11) is 0.